The van der Waals surface area contributed by atoms with E-state index >= 15 is 0 Å². The summed E-state index contributed by atoms with van der Waals surface area (Å²) in [6.45, 7) is 64.7. The zero-order chi connectivity index (χ0) is 88.2. The summed E-state index contributed by atoms with van der Waals surface area (Å²) in [4.78, 5) is 132. The number of carbonyl (C=O) groups is 10. The number of rotatable bonds is 15. The Morgan fingerprint density at radius 2 is 0.629 bits per heavy atom. The molecule has 8 saturated heterocycles. The fraction of sp³-hybridized carbons (Fsp3) is 0.830. The third-order valence-corrected chi connectivity index (χ3v) is 23.4. The number of carbonyl (C=O) groups excluding carboxylic acids is 10. The van der Waals surface area contributed by atoms with Crippen LogP contribution in [0.25, 0.3) is 0 Å². The summed E-state index contributed by atoms with van der Waals surface area (Å²) in [5.74, 6) is 6.50. The molecule has 0 spiro atoms. The standard InChI is InChI=1S/C15H27NO3.C15H21NO2.C12H21NO2.C11H21NO2.C11H21NO.C10H18FNO.2C10H19NO/c1-11(2)14(18)16-8-6-12(7-9-16)10-13(17)19-15(3,4)5;1-12(2)15(17)16-10-8-14(9-11-16)18-13-6-4-3-5-7-13;1-9(2)12(15)13-6-4-11(5-7-13)8-10(3)14;1-9(2)10(13)12-7-5-11(3,14-4)6-8-12;1-9(2)10(13)12-7-5-11(3,4)6-8-12;1-8(2)9(13)12-6-4-10(3,11)5-7-12;2*1-8(2)10(12)11-6-4-9(3)5-7-11/h11-12H,6-10H2,1-5H3;3-7,12,14H,8-11H2,1-2H3;9,11H,4-8H2,1-3H3;9H,5-8H2,1-4H3;9H,5-8H2,1-4H3;8H,4-7H2,1-3H3;2*8-9H,4-7H2,1-3H3. The topological polar surface area (TPSA) is 224 Å². The average Bonchev–Trinajstić information content (AvgIpc) is 0.854. The quantitative estimate of drug-likeness (QED) is 0.149. The average molecular weight is 1640 g/mol. The highest BCUT2D eigenvalue weighted by atomic mass is 19.1. The van der Waals surface area contributed by atoms with E-state index in [9.17, 15) is 52.3 Å². The number of likely N-dealkylation sites (tertiary alicyclic amines) is 8. The first-order valence-electron chi connectivity index (χ1n) is 44.9. The molecule has 0 saturated carbocycles. The highest BCUT2D eigenvalue weighted by molar-refractivity contribution is 5.81. The summed E-state index contributed by atoms with van der Waals surface area (Å²) >= 11 is 0. The molecule has 1 aromatic rings. The summed E-state index contributed by atoms with van der Waals surface area (Å²) in [5, 5.41) is 0. The molecule has 0 aliphatic carbocycles. The predicted molar refractivity (Wildman–Crippen MR) is 466 cm³/mol. The van der Waals surface area contributed by atoms with Crippen molar-refractivity contribution in [1.82, 2.24) is 39.2 Å². The molecule has 8 heterocycles. The lowest BCUT2D eigenvalue weighted by atomic mass is 9.82. The van der Waals surface area contributed by atoms with Gasteiger partial charge in [-0.05, 0) is 173 Å². The van der Waals surface area contributed by atoms with E-state index in [1.54, 1.807) is 25.9 Å². The van der Waals surface area contributed by atoms with E-state index in [4.69, 9.17) is 14.2 Å². The number of benzene rings is 1. The SMILES string of the molecule is CC(=O)CC1CCN(C(=O)C(C)C)CC1.CC(C)C(=O)N1CCC(C)(C)CC1.CC(C)C(=O)N1CCC(C)(F)CC1.CC(C)C(=O)N1CCC(CC(=O)OC(C)(C)C)CC1.CC(C)C(=O)N1CCC(Oc2ccccc2)CC1.CC1CCN(C(=O)C(C)C)CC1.CC1CCN(C(=O)C(C)C)CC1.COC1(C)CCN(C(=O)C(C)C)CC1. The molecule has 1 aromatic carbocycles. The number of Topliss-reactive ketones (excluding diaryl/α,β-unsaturated/α-hetero) is 1. The van der Waals surface area contributed by atoms with Crippen molar-refractivity contribution < 1.29 is 66.5 Å². The zero-order valence-corrected chi connectivity index (χ0v) is 78.2. The van der Waals surface area contributed by atoms with E-state index in [1.807, 2.05) is 196 Å². The largest absolute Gasteiger partial charge is 0.490 e. The van der Waals surface area contributed by atoms with Crippen molar-refractivity contribution in [3.8, 4) is 5.75 Å². The minimum absolute atomic E-state index is 0.0201. The Kier molecular flexibility index (Phi) is 47.6. The van der Waals surface area contributed by atoms with Gasteiger partial charge in [-0.2, -0.15) is 0 Å². The van der Waals surface area contributed by atoms with Crippen LogP contribution >= 0.6 is 0 Å². The van der Waals surface area contributed by atoms with Crippen molar-refractivity contribution in [2.75, 3.05) is 112 Å². The number of hydrogen-bond acceptors (Lipinski definition) is 13. The van der Waals surface area contributed by atoms with Crippen LogP contribution in [0, 0.1) is 76.4 Å². The van der Waals surface area contributed by atoms with Gasteiger partial charge in [0.25, 0.3) is 0 Å². The zero-order valence-electron chi connectivity index (χ0n) is 78.2. The second-order valence-corrected chi connectivity index (χ2v) is 39.2. The predicted octanol–water partition coefficient (Wildman–Crippen LogP) is 16.9. The van der Waals surface area contributed by atoms with Crippen molar-refractivity contribution in [3.63, 3.8) is 0 Å². The van der Waals surface area contributed by atoms with E-state index in [0.29, 0.717) is 73.7 Å². The number of methoxy groups -OCH3 is 1. The van der Waals surface area contributed by atoms with Gasteiger partial charge in [-0.15, -0.1) is 0 Å². The molecule has 21 nitrogen and oxygen atoms in total. The van der Waals surface area contributed by atoms with Gasteiger partial charge in [-0.3, -0.25) is 43.2 Å². The first-order chi connectivity index (χ1) is 53.9. The lowest BCUT2D eigenvalue weighted by Gasteiger charge is -2.39. The number of hydrogen-bond donors (Lipinski definition) is 0. The molecule has 8 amide bonds. The Morgan fingerprint density at radius 1 is 0.379 bits per heavy atom. The fourth-order valence-corrected chi connectivity index (χ4v) is 14.9. The van der Waals surface area contributed by atoms with Crippen molar-refractivity contribution in [3.05, 3.63) is 30.3 Å². The highest BCUT2D eigenvalue weighted by Crippen LogP contribution is 2.32. The van der Waals surface area contributed by atoms with Crippen LogP contribution in [0.1, 0.15) is 296 Å². The van der Waals surface area contributed by atoms with Gasteiger partial charge in [0.15, 0.2) is 0 Å². The summed E-state index contributed by atoms with van der Waals surface area (Å²) in [6.07, 6.45) is 16.9. The van der Waals surface area contributed by atoms with Crippen LogP contribution < -0.4 is 4.74 Å². The molecular weight excluding hydrogens is 1470 g/mol. The molecule has 0 N–H and O–H groups in total. The smallest absolute Gasteiger partial charge is 0.306 e. The first kappa shape index (κ1) is 106. The first-order valence-corrected chi connectivity index (χ1v) is 44.9. The second kappa shape index (κ2) is 52.1. The number of amides is 8. The number of para-hydroxylation sites is 1. The number of halogens is 1. The third-order valence-electron chi connectivity index (χ3n) is 23.4. The van der Waals surface area contributed by atoms with Gasteiger partial charge in [-0.25, -0.2) is 4.39 Å². The molecule has 0 unspecified atom stereocenters. The van der Waals surface area contributed by atoms with Gasteiger partial charge in [0.2, 0.25) is 47.3 Å². The Hall–Kier alpha value is -6.19. The summed E-state index contributed by atoms with van der Waals surface area (Å²) in [6, 6.07) is 9.90. The van der Waals surface area contributed by atoms with Crippen LogP contribution in [-0.4, -0.2) is 233 Å². The van der Waals surface area contributed by atoms with Crippen molar-refractivity contribution in [2.45, 2.75) is 319 Å². The lowest BCUT2D eigenvalue weighted by molar-refractivity contribution is -0.156. The molecule has 22 heteroatoms. The fourth-order valence-electron chi connectivity index (χ4n) is 14.9. The molecule has 8 aliphatic heterocycles. The molecule has 8 fully saturated rings. The number of piperidine rings is 8. The minimum atomic E-state index is -1.06. The van der Waals surface area contributed by atoms with E-state index in [0.717, 1.165) is 173 Å². The number of nitrogens with zero attached hydrogens (tertiary/aromatic N) is 8. The van der Waals surface area contributed by atoms with E-state index < -0.39 is 11.3 Å². The monoisotopic (exact) mass is 1640 g/mol. The highest BCUT2D eigenvalue weighted by Gasteiger charge is 2.36. The van der Waals surface area contributed by atoms with Gasteiger partial charge < -0.3 is 58.2 Å². The second-order valence-electron chi connectivity index (χ2n) is 39.2. The van der Waals surface area contributed by atoms with E-state index in [1.165, 1.54) is 25.7 Å². The van der Waals surface area contributed by atoms with E-state index in [-0.39, 0.29) is 100 Å². The molecular formula is C94H167FN8O13. The summed E-state index contributed by atoms with van der Waals surface area (Å²) < 4.78 is 30.0. The van der Waals surface area contributed by atoms with Crippen LogP contribution in [0.15, 0.2) is 30.3 Å². The third kappa shape index (κ3) is 41.7. The van der Waals surface area contributed by atoms with Crippen molar-refractivity contribution >= 4 is 59.0 Å². The Bertz CT molecular complexity index is 2960. The summed E-state index contributed by atoms with van der Waals surface area (Å²) in [7, 11) is 1.75. The molecule has 9 rings (SSSR count). The molecule has 0 radical (unpaired) electrons. The number of alkyl halides is 1. The van der Waals surface area contributed by atoms with Gasteiger partial charge in [0.05, 0.1) is 5.60 Å². The molecule has 8 aliphatic rings. The number of ketones is 1. The molecule has 0 atom stereocenters. The maximum absolute atomic E-state index is 13.4. The molecule has 0 aromatic heterocycles. The number of ether oxygens (including phenoxy) is 3. The van der Waals surface area contributed by atoms with Crippen LogP contribution in [0.4, 0.5) is 4.39 Å². The Labute approximate surface area is 704 Å². The minimum Gasteiger partial charge on any atom is -0.490 e. The van der Waals surface area contributed by atoms with Crippen LogP contribution in [0.2, 0.25) is 0 Å². The van der Waals surface area contributed by atoms with Gasteiger partial charge >= 0.3 is 5.97 Å². The van der Waals surface area contributed by atoms with Gasteiger partial charge in [0, 0.05) is 185 Å². The van der Waals surface area contributed by atoms with Crippen LogP contribution in [0.3, 0.4) is 0 Å². The van der Waals surface area contributed by atoms with Gasteiger partial charge in [-0.1, -0.05) is 157 Å². The normalized spacial score (nSPS) is 19.6. The van der Waals surface area contributed by atoms with Crippen LogP contribution in [-0.2, 0) is 57.4 Å². The van der Waals surface area contributed by atoms with Crippen molar-refractivity contribution in [1.29, 1.82) is 0 Å². The van der Waals surface area contributed by atoms with Gasteiger partial charge in [0.1, 0.15) is 28.9 Å². The Balaban J connectivity index is 0.000000452. The Morgan fingerprint density at radius 3 is 0.897 bits per heavy atom. The molecule has 116 heavy (non-hydrogen) atoms. The molecule has 668 valence electrons. The maximum Gasteiger partial charge on any atom is 0.306 e. The summed E-state index contributed by atoms with van der Waals surface area (Å²) in [5.41, 5.74) is -1.05. The van der Waals surface area contributed by atoms with E-state index in [2.05, 4.69) is 34.6 Å². The molecule has 0 bridgehead atoms. The maximum atomic E-state index is 13.4. The van der Waals surface area contributed by atoms with Crippen LogP contribution in [0.5, 0.6) is 5.75 Å². The van der Waals surface area contributed by atoms with Crippen molar-refractivity contribution in [2.24, 2.45) is 76.4 Å². The lowest BCUT2D eigenvalue weighted by Crippen LogP contribution is -2.47. The number of esters is 1.